The number of unbranched alkanes of at least 4 members (excludes halogenated alkanes) is 2. The van der Waals surface area contributed by atoms with E-state index in [1.54, 1.807) is 0 Å². The highest BCUT2D eigenvalue weighted by molar-refractivity contribution is 5.66. The van der Waals surface area contributed by atoms with Gasteiger partial charge in [0.15, 0.2) is 17.5 Å². The van der Waals surface area contributed by atoms with Crippen LogP contribution < -0.4 is 0 Å². The summed E-state index contributed by atoms with van der Waals surface area (Å²) in [7, 11) is 0. The Bertz CT molecular complexity index is 904. The molecule has 1 atom stereocenters. The Hall–Kier alpha value is -1.84. The molecular formula is C21H22F4. The Morgan fingerprint density at radius 1 is 1.04 bits per heavy atom. The van der Waals surface area contributed by atoms with E-state index in [4.69, 9.17) is 5.48 Å². The van der Waals surface area contributed by atoms with Gasteiger partial charge in [-0.2, -0.15) is 0 Å². The zero-order valence-electron chi connectivity index (χ0n) is 17.9. The third kappa shape index (κ3) is 3.73. The molecule has 0 saturated carbocycles. The zero-order valence-corrected chi connectivity index (χ0v) is 13.9. The van der Waals surface area contributed by atoms with Crippen LogP contribution in [0.3, 0.4) is 0 Å². The van der Waals surface area contributed by atoms with Gasteiger partial charge in [-0.3, -0.25) is 0 Å². The topological polar surface area (TPSA) is 0 Å². The van der Waals surface area contributed by atoms with Crippen LogP contribution in [0.2, 0.25) is 0 Å². The van der Waals surface area contributed by atoms with E-state index in [0.29, 0.717) is 25.0 Å². The van der Waals surface area contributed by atoms with Gasteiger partial charge in [-0.05, 0) is 53.9 Å². The van der Waals surface area contributed by atoms with Crippen LogP contribution in [0.4, 0.5) is 17.6 Å². The molecule has 0 aliphatic heterocycles. The van der Waals surface area contributed by atoms with Crippen LogP contribution in [-0.2, 0) is 12.8 Å². The maximum Gasteiger partial charge on any atom is 0.194 e. The molecule has 0 saturated heterocycles. The largest absolute Gasteiger partial charge is 0.206 e. The van der Waals surface area contributed by atoms with Crippen LogP contribution in [-0.4, -0.2) is 0 Å². The van der Waals surface area contributed by atoms with E-state index in [9.17, 15) is 13.2 Å². The minimum atomic E-state index is -2.09. The van der Waals surface area contributed by atoms with Crippen molar-refractivity contribution >= 4 is 0 Å². The summed E-state index contributed by atoms with van der Waals surface area (Å²) >= 11 is 0. The molecule has 0 spiro atoms. The Morgan fingerprint density at radius 2 is 1.76 bits per heavy atom. The maximum absolute atomic E-state index is 15.3. The third-order valence-electron chi connectivity index (χ3n) is 4.49. The van der Waals surface area contributed by atoms with Gasteiger partial charge in [-0.15, -0.1) is 0 Å². The first-order chi connectivity index (χ1) is 13.5. The minimum absolute atomic E-state index is 0.0541. The van der Waals surface area contributed by atoms with Crippen molar-refractivity contribution in [3.05, 3.63) is 58.7 Å². The first-order valence-electron chi connectivity index (χ1n) is 10.5. The molecule has 2 aromatic rings. The van der Waals surface area contributed by atoms with Gasteiger partial charge in [0.25, 0.3) is 0 Å². The zero-order chi connectivity index (χ0) is 21.6. The fraction of sp³-hybridized carbons (Fsp3) is 0.429. The predicted octanol–water partition coefficient (Wildman–Crippen LogP) is 6.60. The van der Waals surface area contributed by atoms with Gasteiger partial charge < -0.3 is 0 Å². The number of rotatable bonds is 5. The lowest BCUT2D eigenvalue weighted by Crippen LogP contribution is -2.16. The minimum Gasteiger partial charge on any atom is -0.206 e. The van der Waals surface area contributed by atoms with Crippen molar-refractivity contribution in [2.45, 2.75) is 51.8 Å². The summed E-state index contributed by atoms with van der Waals surface area (Å²) in [5, 5.41) is 0. The van der Waals surface area contributed by atoms with E-state index in [0.717, 1.165) is 12.8 Å². The number of hydrogen-bond donors (Lipinski definition) is 0. The molecule has 0 radical (unpaired) electrons. The molecule has 1 aliphatic rings. The van der Waals surface area contributed by atoms with Crippen molar-refractivity contribution < 1.29 is 23.0 Å². The summed E-state index contributed by atoms with van der Waals surface area (Å²) in [6.45, 7) is 2.00. The number of benzene rings is 2. The average molecular weight is 354 g/mol. The molecule has 0 N–H and O–H groups in total. The predicted molar refractivity (Wildman–Crippen MR) is 91.4 cm³/mol. The molecule has 134 valence electrons. The Morgan fingerprint density at radius 3 is 2.44 bits per heavy atom. The molecule has 1 unspecified atom stereocenters. The van der Waals surface area contributed by atoms with Crippen LogP contribution in [0.1, 0.15) is 55.6 Å². The molecule has 4 heteroatoms. The fourth-order valence-corrected chi connectivity index (χ4v) is 3.10. The van der Waals surface area contributed by atoms with Gasteiger partial charge in [-0.1, -0.05) is 44.7 Å². The van der Waals surface area contributed by atoms with E-state index >= 15 is 4.39 Å². The number of fused-ring (bicyclic) bond motifs is 1. The van der Waals surface area contributed by atoms with E-state index in [2.05, 4.69) is 0 Å². The summed E-state index contributed by atoms with van der Waals surface area (Å²) in [5.41, 5.74) is -0.543. The molecule has 0 aromatic heterocycles. The highest BCUT2D eigenvalue weighted by atomic mass is 19.2. The first-order valence-corrected chi connectivity index (χ1v) is 8.47. The lowest BCUT2D eigenvalue weighted by molar-refractivity contribution is 0.401. The van der Waals surface area contributed by atoms with Crippen molar-refractivity contribution in [1.29, 1.82) is 0 Å². The Labute approximate surface area is 151 Å². The molecule has 2 aromatic carbocycles. The van der Waals surface area contributed by atoms with E-state index < -0.39 is 41.9 Å². The lowest BCUT2D eigenvalue weighted by atomic mass is 9.80. The first kappa shape index (κ1) is 13.4. The molecular weight excluding hydrogens is 328 g/mol. The third-order valence-corrected chi connectivity index (χ3v) is 4.49. The number of hydrogen-bond acceptors (Lipinski definition) is 0. The van der Waals surface area contributed by atoms with Crippen LogP contribution in [0.15, 0.2) is 24.3 Å². The molecule has 0 nitrogen and oxygen atoms in total. The van der Waals surface area contributed by atoms with Gasteiger partial charge >= 0.3 is 0 Å². The van der Waals surface area contributed by atoms with Gasteiger partial charge in [0, 0.05) is 11.0 Å². The van der Waals surface area contributed by atoms with Gasteiger partial charge in [0.2, 0.25) is 0 Å². The summed E-state index contributed by atoms with van der Waals surface area (Å²) in [6, 6.07) is 3.89. The van der Waals surface area contributed by atoms with Crippen molar-refractivity contribution in [2.24, 2.45) is 5.92 Å². The molecule has 0 amide bonds. The van der Waals surface area contributed by atoms with Crippen molar-refractivity contribution in [3.63, 3.8) is 0 Å². The van der Waals surface area contributed by atoms with E-state index in [1.807, 2.05) is 6.92 Å². The monoisotopic (exact) mass is 354 g/mol. The molecule has 1 aliphatic carbocycles. The highest BCUT2D eigenvalue weighted by Crippen LogP contribution is 2.35. The summed E-state index contributed by atoms with van der Waals surface area (Å²) in [4.78, 5) is 0. The Balaban J connectivity index is 2.09. The molecule has 0 bridgehead atoms. The molecule has 3 rings (SSSR count). The van der Waals surface area contributed by atoms with Gasteiger partial charge in [0.05, 0.1) is 0 Å². The second-order valence-electron chi connectivity index (χ2n) is 6.28. The standard InChI is InChI=1S/C21H22F4/c1-2-3-4-5-13-6-8-16-14(10-13)7-9-17(20(16)24)15-11-18(22)21(25)19(23)12-15/h7,9,11-13H,2-6,8,10H2,1H3/i6D2,10D2. The van der Waals surface area contributed by atoms with Crippen LogP contribution >= 0.6 is 0 Å². The molecule has 25 heavy (non-hydrogen) atoms. The summed E-state index contributed by atoms with van der Waals surface area (Å²) < 4.78 is 89.4. The Kier molecular flexibility index (Phi) is 4.06. The van der Waals surface area contributed by atoms with E-state index in [1.165, 1.54) is 12.1 Å². The highest BCUT2D eigenvalue weighted by Gasteiger charge is 2.23. The maximum atomic E-state index is 15.3. The second kappa shape index (κ2) is 7.59. The molecule has 0 heterocycles. The van der Waals surface area contributed by atoms with Crippen molar-refractivity contribution in [3.8, 4) is 11.1 Å². The smallest absolute Gasteiger partial charge is 0.194 e. The summed E-state index contributed by atoms with van der Waals surface area (Å²) in [5.74, 6) is -6.44. The SMILES string of the molecule is [2H]C1([2H])Cc2c(ccc(-c3cc(F)c(F)c(F)c3)c2F)C([2H])([2H])C1CCCCC. The van der Waals surface area contributed by atoms with Crippen LogP contribution in [0.5, 0.6) is 0 Å². The van der Waals surface area contributed by atoms with Gasteiger partial charge in [0.1, 0.15) is 5.82 Å². The second-order valence-corrected chi connectivity index (χ2v) is 6.28. The molecule has 0 fully saturated rings. The lowest BCUT2D eigenvalue weighted by Gasteiger charge is -2.26. The van der Waals surface area contributed by atoms with Crippen molar-refractivity contribution in [2.75, 3.05) is 0 Å². The quantitative estimate of drug-likeness (QED) is 0.322. The van der Waals surface area contributed by atoms with Crippen LogP contribution in [0.25, 0.3) is 11.1 Å². The fourth-order valence-electron chi connectivity index (χ4n) is 3.10. The van der Waals surface area contributed by atoms with Gasteiger partial charge in [-0.25, -0.2) is 17.6 Å². The van der Waals surface area contributed by atoms with Crippen LogP contribution in [0, 0.1) is 29.2 Å². The van der Waals surface area contributed by atoms with Crippen molar-refractivity contribution in [1.82, 2.24) is 0 Å². The number of halogens is 4. The normalized spacial score (nSPS) is 23.2. The average Bonchev–Trinajstić information content (AvgIpc) is 2.63. The van der Waals surface area contributed by atoms with E-state index in [-0.39, 0.29) is 28.7 Å². The summed E-state index contributed by atoms with van der Waals surface area (Å²) in [6.07, 6.45) is -1.64.